The second kappa shape index (κ2) is 15.3. The summed E-state index contributed by atoms with van der Waals surface area (Å²) in [7, 11) is -0.430. The Morgan fingerprint density at radius 2 is 1.13 bits per heavy atom. The first-order chi connectivity index (χ1) is 18.8. The van der Waals surface area contributed by atoms with Crippen LogP contribution in [0.4, 0.5) is 0 Å². The van der Waals surface area contributed by atoms with Gasteiger partial charge in [-0.05, 0) is 66.4 Å². The van der Waals surface area contributed by atoms with Gasteiger partial charge in [-0.15, -0.1) is 11.8 Å². The van der Waals surface area contributed by atoms with Crippen molar-refractivity contribution in [3.63, 3.8) is 0 Å². The van der Waals surface area contributed by atoms with Crippen LogP contribution in [0.25, 0.3) is 0 Å². The number of benzene rings is 4. The van der Waals surface area contributed by atoms with Gasteiger partial charge in [0.1, 0.15) is 0 Å². The predicted octanol–water partition coefficient (Wildman–Crippen LogP) is 9.34. The molecular weight excluding hydrogens is 495 g/mol. The third-order valence-electron chi connectivity index (χ3n) is 6.89. The molecule has 0 radical (unpaired) electrons. The van der Waals surface area contributed by atoms with E-state index in [0.29, 0.717) is 11.8 Å². The van der Waals surface area contributed by atoms with Crippen LogP contribution < -0.4 is 10.6 Å². The average Bonchev–Trinajstić information content (AvgIpc) is 2.99. The largest absolute Gasteiger partial charge is 0.126 e. The Hall–Kier alpha value is -3.12. The minimum atomic E-state index is -0.430. The van der Waals surface area contributed by atoms with Crippen molar-refractivity contribution in [3.05, 3.63) is 169 Å². The van der Waals surface area contributed by atoms with E-state index in [1.54, 1.807) is 0 Å². The summed E-state index contributed by atoms with van der Waals surface area (Å²) in [5.74, 6) is 1.93. The maximum absolute atomic E-state index is 4.00. The van der Waals surface area contributed by atoms with Crippen molar-refractivity contribution in [1.29, 1.82) is 0 Å². The van der Waals surface area contributed by atoms with E-state index in [9.17, 15) is 0 Å². The molecule has 4 aromatic rings. The summed E-state index contributed by atoms with van der Waals surface area (Å²) in [6, 6.07) is 44.4. The third kappa shape index (κ3) is 7.94. The molecule has 0 nitrogen and oxygen atoms in total. The van der Waals surface area contributed by atoms with E-state index in [0.717, 1.165) is 12.2 Å². The fourth-order valence-electron chi connectivity index (χ4n) is 5.07. The summed E-state index contributed by atoms with van der Waals surface area (Å²) < 4.78 is 0. The fraction of sp³-hybridized carbons (Fsp3) is 0.167. The summed E-state index contributed by atoms with van der Waals surface area (Å²) in [5.41, 5.74) is 2.81. The molecule has 0 spiro atoms. The third-order valence-corrected chi connectivity index (χ3v) is 10.5. The van der Waals surface area contributed by atoms with Crippen molar-refractivity contribution in [2.75, 3.05) is 11.9 Å². The second-order valence-electron chi connectivity index (χ2n) is 9.32. The summed E-state index contributed by atoms with van der Waals surface area (Å²) in [6.07, 6.45) is 9.32. The second-order valence-corrected chi connectivity index (χ2v) is 12.8. The van der Waals surface area contributed by atoms with E-state index in [2.05, 4.69) is 141 Å². The van der Waals surface area contributed by atoms with E-state index < -0.39 is 7.92 Å². The van der Waals surface area contributed by atoms with Crippen molar-refractivity contribution in [2.45, 2.75) is 18.8 Å². The van der Waals surface area contributed by atoms with Gasteiger partial charge in [-0.25, -0.2) is 0 Å². The van der Waals surface area contributed by atoms with Crippen LogP contribution in [0.2, 0.25) is 0 Å². The number of hydrogen-bond acceptors (Lipinski definition) is 1. The van der Waals surface area contributed by atoms with E-state index in [1.165, 1.54) is 39.2 Å². The molecule has 0 bridgehead atoms. The molecule has 0 heterocycles. The van der Waals surface area contributed by atoms with Crippen LogP contribution >= 0.6 is 19.7 Å². The van der Waals surface area contributed by atoms with Gasteiger partial charge in [0, 0.05) is 10.8 Å². The number of allylic oxidation sites excluding steroid dienone is 3. The molecular formula is C36H37PS. The molecule has 192 valence electrons. The van der Waals surface area contributed by atoms with Crippen LogP contribution in [0.1, 0.15) is 29.9 Å². The number of hydrogen-bond donors (Lipinski definition) is 0. The highest BCUT2D eigenvalue weighted by molar-refractivity contribution is 8.03. The normalized spacial score (nSPS) is 12.4. The maximum Gasteiger partial charge on any atom is 0.0118 e. The SMILES string of the molecule is C=C/C=C(\C=C)SCCC(CCP(c1ccccc1)c1ccccc1)C(c1ccccc1)c1ccccc1. The Labute approximate surface area is 235 Å². The van der Waals surface area contributed by atoms with Crippen molar-refractivity contribution in [3.8, 4) is 0 Å². The first-order valence-corrected chi connectivity index (χ1v) is 15.9. The molecule has 4 aromatic carbocycles. The lowest BCUT2D eigenvalue weighted by Crippen LogP contribution is -2.20. The molecule has 0 amide bonds. The molecule has 1 atom stereocenters. The molecule has 0 N–H and O–H groups in total. The van der Waals surface area contributed by atoms with Crippen LogP contribution in [0.3, 0.4) is 0 Å². The molecule has 38 heavy (non-hydrogen) atoms. The zero-order chi connectivity index (χ0) is 26.4. The van der Waals surface area contributed by atoms with Crippen LogP contribution in [0.5, 0.6) is 0 Å². The van der Waals surface area contributed by atoms with Crippen LogP contribution in [-0.4, -0.2) is 11.9 Å². The summed E-state index contributed by atoms with van der Waals surface area (Å²) >= 11 is 1.89. The van der Waals surface area contributed by atoms with E-state index in [1.807, 2.05) is 23.9 Å². The Kier molecular flexibility index (Phi) is 11.3. The number of thioether (sulfide) groups is 1. The van der Waals surface area contributed by atoms with Crippen molar-refractivity contribution >= 4 is 30.3 Å². The molecule has 0 fully saturated rings. The Morgan fingerprint density at radius 3 is 1.58 bits per heavy atom. The molecule has 0 aliphatic carbocycles. The van der Waals surface area contributed by atoms with E-state index in [-0.39, 0.29) is 0 Å². The van der Waals surface area contributed by atoms with Gasteiger partial charge in [-0.3, -0.25) is 0 Å². The highest BCUT2D eigenvalue weighted by atomic mass is 32.2. The summed E-state index contributed by atoms with van der Waals surface area (Å²) in [4.78, 5) is 1.19. The van der Waals surface area contributed by atoms with Gasteiger partial charge in [-0.2, -0.15) is 0 Å². The molecule has 0 saturated carbocycles. The lowest BCUT2D eigenvalue weighted by molar-refractivity contribution is 0.444. The predicted molar refractivity (Wildman–Crippen MR) is 172 cm³/mol. The van der Waals surface area contributed by atoms with Crippen molar-refractivity contribution in [1.82, 2.24) is 0 Å². The molecule has 0 aliphatic heterocycles. The van der Waals surface area contributed by atoms with Gasteiger partial charge in [0.15, 0.2) is 0 Å². The van der Waals surface area contributed by atoms with Crippen LogP contribution in [0.15, 0.2) is 158 Å². The van der Waals surface area contributed by atoms with Gasteiger partial charge in [0.2, 0.25) is 0 Å². The minimum Gasteiger partial charge on any atom is -0.126 e. The van der Waals surface area contributed by atoms with E-state index in [4.69, 9.17) is 0 Å². The average molecular weight is 533 g/mol. The lowest BCUT2D eigenvalue weighted by atomic mass is 9.78. The quantitative estimate of drug-likeness (QED) is 0.115. The van der Waals surface area contributed by atoms with Gasteiger partial charge >= 0.3 is 0 Å². The standard InChI is InChI=1S/C36H37PS/c1-3-17-35(4-2)38-29-27-32(36(30-18-9-5-10-19-30)31-20-11-6-12-21-31)26-28-37(33-22-13-7-14-23-33)34-24-15-8-16-25-34/h3-25,32,36H,1-2,26-29H2/b35-17+. The van der Waals surface area contributed by atoms with Crippen molar-refractivity contribution < 1.29 is 0 Å². The number of rotatable bonds is 14. The molecule has 0 aromatic heterocycles. The first-order valence-electron chi connectivity index (χ1n) is 13.4. The smallest absolute Gasteiger partial charge is 0.0118 e. The topological polar surface area (TPSA) is 0 Å². The van der Waals surface area contributed by atoms with Gasteiger partial charge in [0.05, 0.1) is 0 Å². The fourth-order valence-corrected chi connectivity index (χ4v) is 8.51. The Bertz CT molecular complexity index is 1190. The Morgan fingerprint density at radius 1 is 0.658 bits per heavy atom. The van der Waals surface area contributed by atoms with Crippen LogP contribution in [0, 0.1) is 5.92 Å². The Balaban J connectivity index is 1.66. The van der Waals surface area contributed by atoms with Gasteiger partial charge < -0.3 is 0 Å². The van der Waals surface area contributed by atoms with Gasteiger partial charge in [-0.1, -0.05) is 147 Å². The van der Waals surface area contributed by atoms with E-state index >= 15 is 0 Å². The lowest BCUT2D eigenvalue weighted by Gasteiger charge is -2.30. The maximum atomic E-state index is 4.00. The molecule has 4 rings (SSSR count). The molecule has 2 heteroatoms. The zero-order valence-electron chi connectivity index (χ0n) is 22.0. The minimum absolute atomic E-state index is 0.358. The van der Waals surface area contributed by atoms with Crippen LogP contribution in [-0.2, 0) is 0 Å². The monoisotopic (exact) mass is 532 g/mol. The summed E-state index contributed by atoms with van der Waals surface area (Å²) in [5, 5.41) is 2.92. The summed E-state index contributed by atoms with van der Waals surface area (Å²) in [6.45, 7) is 7.87. The zero-order valence-corrected chi connectivity index (χ0v) is 23.7. The van der Waals surface area contributed by atoms with Crippen molar-refractivity contribution in [2.24, 2.45) is 5.92 Å². The molecule has 0 saturated heterocycles. The van der Waals surface area contributed by atoms with Gasteiger partial charge in [0.25, 0.3) is 0 Å². The molecule has 1 unspecified atom stereocenters. The highest BCUT2D eigenvalue weighted by Crippen LogP contribution is 2.42. The first kappa shape index (κ1) is 27.9. The highest BCUT2D eigenvalue weighted by Gasteiger charge is 2.26. The molecule has 0 aliphatic rings.